The van der Waals surface area contributed by atoms with E-state index in [2.05, 4.69) is 0 Å². The summed E-state index contributed by atoms with van der Waals surface area (Å²) < 4.78 is 1.24. The average Bonchev–Trinajstić information content (AvgIpc) is 2.41. The van der Waals surface area contributed by atoms with E-state index in [-0.39, 0.29) is 17.8 Å². The lowest BCUT2D eigenvalue weighted by Gasteiger charge is -2.06. The van der Waals surface area contributed by atoms with Crippen molar-refractivity contribution in [2.75, 3.05) is 0 Å². The van der Waals surface area contributed by atoms with E-state index >= 15 is 0 Å². The first-order chi connectivity index (χ1) is 9.49. The summed E-state index contributed by atoms with van der Waals surface area (Å²) in [6.07, 6.45) is 1.47. The van der Waals surface area contributed by atoms with Crippen molar-refractivity contribution in [1.29, 1.82) is 0 Å². The van der Waals surface area contributed by atoms with Gasteiger partial charge in [-0.3, -0.25) is 14.9 Å². The van der Waals surface area contributed by atoms with Crippen LogP contribution >= 0.6 is 0 Å². The van der Waals surface area contributed by atoms with Crippen molar-refractivity contribution in [3.63, 3.8) is 0 Å². The Hall–Kier alpha value is -2.96. The SMILES string of the molecule is O=C(O)c1cccn(Cc2ccc([N+](=O)[O-])cc2)c1=O. The number of carboxylic acids is 1. The Morgan fingerprint density at radius 3 is 2.45 bits per heavy atom. The molecule has 0 unspecified atom stereocenters. The Balaban J connectivity index is 2.31. The van der Waals surface area contributed by atoms with Crippen LogP contribution in [0.2, 0.25) is 0 Å². The summed E-state index contributed by atoms with van der Waals surface area (Å²) in [6, 6.07) is 8.42. The molecule has 1 heterocycles. The number of aromatic nitrogens is 1. The molecule has 102 valence electrons. The number of nitro groups is 1. The van der Waals surface area contributed by atoms with Crippen molar-refractivity contribution in [2.45, 2.75) is 6.54 Å². The molecule has 0 aliphatic rings. The highest BCUT2D eigenvalue weighted by molar-refractivity contribution is 5.86. The number of rotatable bonds is 4. The fourth-order valence-electron chi connectivity index (χ4n) is 1.74. The van der Waals surface area contributed by atoms with Gasteiger partial charge in [0.25, 0.3) is 11.2 Å². The van der Waals surface area contributed by atoms with Crippen LogP contribution in [-0.2, 0) is 6.54 Å². The van der Waals surface area contributed by atoms with Crippen molar-refractivity contribution in [3.8, 4) is 0 Å². The van der Waals surface area contributed by atoms with E-state index in [0.717, 1.165) is 0 Å². The average molecular weight is 274 g/mol. The van der Waals surface area contributed by atoms with Gasteiger partial charge in [-0.15, -0.1) is 0 Å². The van der Waals surface area contributed by atoms with Crippen LogP contribution in [0.15, 0.2) is 47.4 Å². The molecule has 2 rings (SSSR count). The number of carbonyl (C=O) groups is 1. The Morgan fingerprint density at radius 1 is 1.25 bits per heavy atom. The smallest absolute Gasteiger partial charge is 0.341 e. The van der Waals surface area contributed by atoms with E-state index in [4.69, 9.17) is 5.11 Å². The lowest BCUT2D eigenvalue weighted by molar-refractivity contribution is -0.384. The van der Waals surface area contributed by atoms with Crippen LogP contribution in [-0.4, -0.2) is 20.6 Å². The summed E-state index contributed by atoms with van der Waals surface area (Å²) >= 11 is 0. The first kappa shape index (κ1) is 13.5. The quantitative estimate of drug-likeness (QED) is 0.672. The van der Waals surface area contributed by atoms with Crippen LogP contribution in [0.1, 0.15) is 15.9 Å². The van der Waals surface area contributed by atoms with Gasteiger partial charge < -0.3 is 9.67 Å². The topological polar surface area (TPSA) is 102 Å². The van der Waals surface area contributed by atoms with Gasteiger partial charge in [-0.25, -0.2) is 4.79 Å². The zero-order valence-corrected chi connectivity index (χ0v) is 10.2. The van der Waals surface area contributed by atoms with Crippen molar-refractivity contribution in [2.24, 2.45) is 0 Å². The molecular formula is C13H10N2O5. The molecule has 0 bridgehead atoms. The van der Waals surface area contributed by atoms with Gasteiger partial charge in [-0.05, 0) is 17.7 Å². The lowest BCUT2D eigenvalue weighted by atomic mass is 10.2. The number of aromatic carboxylic acids is 1. The molecule has 0 aliphatic carbocycles. The third kappa shape index (κ3) is 2.72. The number of hydrogen-bond acceptors (Lipinski definition) is 4. The number of pyridine rings is 1. The molecule has 0 amide bonds. The van der Waals surface area contributed by atoms with Crippen molar-refractivity contribution in [1.82, 2.24) is 4.57 Å². The predicted octanol–water partition coefficient (Wildman–Crippen LogP) is 1.50. The highest BCUT2D eigenvalue weighted by atomic mass is 16.6. The summed E-state index contributed by atoms with van der Waals surface area (Å²) in [5, 5.41) is 19.4. The highest BCUT2D eigenvalue weighted by Crippen LogP contribution is 2.12. The van der Waals surface area contributed by atoms with Gasteiger partial charge in [-0.1, -0.05) is 12.1 Å². The van der Waals surface area contributed by atoms with Gasteiger partial charge in [0, 0.05) is 18.3 Å². The Morgan fingerprint density at radius 2 is 1.90 bits per heavy atom. The number of benzene rings is 1. The second-order valence-electron chi connectivity index (χ2n) is 4.08. The maximum atomic E-state index is 11.9. The van der Waals surface area contributed by atoms with Gasteiger partial charge >= 0.3 is 5.97 Å². The van der Waals surface area contributed by atoms with Crippen molar-refractivity contribution >= 4 is 11.7 Å². The van der Waals surface area contributed by atoms with Gasteiger partial charge in [-0.2, -0.15) is 0 Å². The molecule has 0 saturated heterocycles. The van der Waals surface area contributed by atoms with E-state index in [1.807, 2.05) is 0 Å². The van der Waals surface area contributed by atoms with Crippen LogP contribution in [0.25, 0.3) is 0 Å². The number of non-ortho nitro benzene ring substituents is 1. The first-order valence-corrected chi connectivity index (χ1v) is 5.65. The van der Waals surface area contributed by atoms with Crippen LogP contribution < -0.4 is 5.56 Å². The predicted molar refractivity (Wildman–Crippen MR) is 69.9 cm³/mol. The fraction of sp³-hybridized carbons (Fsp3) is 0.0769. The van der Waals surface area contributed by atoms with Crippen LogP contribution in [0.3, 0.4) is 0 Å². The second kappa shape index (κ2) is 5.35. The molecule has 1 aromatic carbocycles. The van der Waals surface area contributed by atoms with Crippen LogP contribution in [0.4, 0.5) is 5.69 Å². The van der Waals surface area contributed by atoms with Crippen molar-refractivity contribution < 1.29 is 14.8 Å². The zero-order valence-electron chi connectivity index (χ0n) is 10.2. The molecule has 7 heteroatoms. The van der Waals surface area contributed by atoms with Gasteiger partial charge in [0.15, 0.2) is 0 Å². The molecule has 0 spiro atoms. The van der Waals surface area contributed by atoms with Gasteiger partial charge in [0.1, 0.15) is 5.56 Å². The van der Waals surface area contributed by atoms with Crippen LogP contribution in [0, 0.1) is 10.1 Å². The minimum atomic E-state index is -1.28. The standard InChI is InChI=1S/C13H10N2O5/c16-12-11(13(17)18)2-1-7-14(12)8-9-3-5-10(6-4-9)15(19)20/h1-7H,8H2,(H,17,18). The van der Waals surface area contributed by atoms with Gasteiger partial charge in [0.05, 0.1) is 11.5 Å². The number of carboxylic acid groups (broad SMARTS) is 1. The minimum Gasteiger partial charge on any atom is -0.477 e. The largest absolute Gasteiger partial charge is 0.477 e. The molecule has 7 nitrogen and oxygen atoms in total. The Labute approximate surface area is 112 Å². The second-order valence-corrected chi connectivity index (χ2v) is 4.08. The van der Waals surface area contributed by atoms with E-state index in [9.17, 15) is 19.7 Å². The maximum absolute atomic E-state index is 11.9. The summed E-state index contributed by atoms with van der Waals surface area (Å²) in [6.45, 7) is 0.151. The molecule has 1 aromatic heterocycles. The molecule has 20 heavy (non-hydrogen) atoms. The molecule has 0 atom stereocenters. The van der Waals surface area contributed by atoms with Crippen molar-refractivity contribution in [3.05, 3.63) is 74.2 Å². The first-order valence-electron chi connectivity index (χ1n) is 5.65. The molecule has 2 aromatic rings. The maximum Gasteiger partial charge on any atom is 0.341 e. The summed E-state index contributed by atoms with van der Waals surface area (Å²) in [4.78, 5) is 32.7. The zero-order chi connectivity index (χ0) is 14.7. The molecule has 0 radical (unpaired) electrons. The number of hydrogen-bond donors (Lipinski definition) is 1. The number of nitro benzene ring substituents is 1. The molecule has 0 aliphatic heterocycles. The van der Waals surface area contributed by atoms with Gasteiger partial charge in [0.2, 0.25) is 0 Å². The summed E-state index contributed by atoms with van der Waals surface area (Å²) in [5.74, 6) is -1.28. The molecule has 0 saturated carbocycles. The normalized spacial score (nSPS) is 10.2. The Kier molecular flexibility index (Phi) is 3.60. The Bertz CT molecular complexity index is 718. The third-order valence-corrected chi connectivity index (χ3v) is 2.75. The highest BCUT2D eigenvalue weighted by Gasteiger charge is 2.10. The van der Waals surface area contributed by atoms with E-state index in [1.54, 1.807) is 0 Å². The fourth-order valence-corrected chi connectivity index (χ4v) is 1.74. The number of nitrogens with zero attached hydrogens (tertiary/aromatic N) is 2. The minimum absolute atomic E-state index is 0.0413. The summed E-state index contributed by atoms with van der Waals surface area (Å²) in [7, 11) is 0. The molecule has 0 fully saturated rings. The van der Waals surface area contributed by atoms with E-state index in [0.29, 0.717) is 5.56 Å². The lowest BCUT2D eigenvalue weighted by Crippen LogP contribution is -2.25. The molecule has 1 N–H and O–H groups in total. The molecular weight excluding hydrogens is 264 g/mol. The summed E-state index contributed by atoms with van der Waals surface area (Å²) in [5.41, 5.74) is -0.298. The van der Waals surface area contributed by atoms with E-state index < -0.39 is 16.5 Å². The van der Waals surface area contributed by atoms with E-state index in [1.165, 1.54) is 47.2 Å². The monoisotopic (exact) mass is 274 g/mol. The van der Waals surface area contributed by atoms with Crippen LogP contribution in [0.5, 0.6) is 0 Å². The third-order valence-electron chi connectivity index (χ3n) is 2.75.